The Morgan fingerprint density at radius 2 is 1.95 bits per heavy atom. The van der Waals surface area contributed by atoms with Gasteiger partial charge in [0.2, 0.25) is 5.91 Å². The second kappa shape index (κ2) is 6.48. The van der Waals surface area contributed by atoms with E-state index >= 15 is 0 Å². The van der Waals surface area contributed by atoms with Gasteiger partial charge in [0.1, 0.15) is 0 Å². The summed E-state index contributed by atoms with van der Waals surface area (Å²) in [6.45, 7) is 0.617. The smallest absolute Gasteiger partial charge is 0.227 e. The maximum Gasteiger partial charge on any atom is 0.227 e. The lowest BCUT2D eigenvalue weighted by Crippen LogP contribution is -2.27. The number of nitrogens with zero attached hydrogens (tertiary/aromatic N) is 2. The standard InChI is InChI=1S/C15H15BrN2O/c1-18(11-12-4-6-14(16)7-5-12)15(19)9-13-3-2-8-17-10-13/h2-8,10H,9,11H2,1H3. The van der Waals surface area contributed by atoms with Gasteiger partial charge < -0.3 is 4.90 Å². The van der Waals surface area contributed by atoms with Crippen molar-refractivity contribution in [2.45, 2.75) is 13.0 Å². The van der Waals surface area contributed by atoms with E-state index in [0.29, 0.717) is 13.0 Å². The second-order valence-corrected chi connectivity index (χ2v) is 5.33. The maximum absolute atomic E-state index is 12.1. The van der Waals surface area contributed by atoms with E-state index in [0.717, 1.165) is 15.6 Å². The highest BCUT2D eigenvalue weighted by Crippen LogP contribution is 2.12. The number of hydrogen-bond donors (Lipinski definition) is 0. The lowest BCUT2D eigenvalue weighted by Gasteiger charge is -2.17. The summed E-state index contributed by atoms with van der Waals surface area (Å²) in [5, 5.41) is 0. The number of carbonyl (C=O) groups excluding carboxylic acids is 1. The van der Waals surface area contributed by atoms with Crippen molar-refractivity contribution in [1.82, 2.24) is 9.88 Å². The van der Waals surface area contributed by atoms with Gasteiger partial charge >= 0.3 is 0 Å². The lowest BCUT2D eigenvalue weighted by molar-refractivity contribution is -0.129. The van der Waals surface area contributed by atoms with Crippen molar-refractivity contribution in [2.24, 2.45) is 0 Å². The molecule has 1 amide bonds. The predicted molar refractivity (Wildman–Crippen MR) is 78.6 cm³/mol. The monoisotopic (exact) mass is 318 g/mol. The van der Waals surface area contributed by atoms with Gasteiger partial charge in [0.25, 0.3) is 0 Å². The number of hydrogen-bond acceptors (Lipinski definition) is 2. The Bertz CT molecular complexity index is 540. The summed E-state index contributed by atoms with van der Waals surface area (Å²) >= 11 is 3.40. The molecule has 0 saturated heterocycles. The number of aromatic nitrogens is 1. The van der Waals surface area contributed by atoms with Gasteiger partial charge in [0.05, 0.1) is 6.42 Å². The van der Waals surface area contributed by atoms with Crippen molar-refractivity contribution in [1.29, 1.82) is 0 Å². The van der Waals surface area contributed by atoms with E-state index in [1.807, 2.05) is 43.4 Å². The molecule has 1 heterocycles. The molecule has 0 unspecified atom stereocenters. The zero-order valence-electron chi connectivity index (χ0n) is 10.7. The Balaban J connectivity index is 1.94. The van der Waals surface area contributed by atoms with Gasteiger partial charge in [0.15, 0.2) is 0 Å². The quantitative estimate of drug-likeness (QED) is 0.868. The average molecular weight is 319 g/mol. The Hall–Kier alpha value is -1.68. The van der Waals surface area contributed by atoms with Crippen LogP contribution in [-0.4, -0.2) is 22.8 Å². The Labute approximate surface area is 121 Å². The number of likely N-dealkylation sites (N-methyl/N-ethyl adjacent to an activating group) is 1. The number of benzene rings is 1. The van der Waals surface area contributed by atoms with Gasteiger partial charge in [-0.1, -0.05) is 34.1 Å². The highest BCUT2D eigenvalue weighted by atomic mass is 79.9. The number of halogens is 1. The third-order valence-electron chi connectivity index (χ3n) is 2.84. The SMILES string of the molecule is CN(Cc1ccc(Br)cc1)C(=O)Cc1cccnc1. The molecule has 0 saturated carbocycles. The maximum atomic E-state index is 12.1. The third kappa shape index (κ3) is 4.17. The number of carbonyl (C=O) groups is 1. The van der Waals surface area contributed by atoms with Crippen molar-refractivity contribution in [3.8, 4) is 0 Å². The van der Waals surface area contributed by atoms with Crippen LogP contribution in [0.5, 0.6) is 0 Å². The van der Waals surface area contributed by atoms with Crippen molar-refractivity contribution in [3.05, 3.63) is 64.4 Å². The van der Waals surface area contributed by atoms with Gasteiger partial charge in [-0.3, -0.25) is 9.78 Å². The summed E-state index contributed by atoms with van der Waals surface area (Å²) in [6.07, 6.45) is 3.83. The molecule has 1 aromatic carbocycles. The van der Waals surface area contributed by atoms with Gasteiger partial charge in [-0.2, -0.15) is 0 Å². The van der Waals surface area contributed by atoms with Crippen LogP contribution < -0.4 is 0 Å². The van der Waals surface area contributed by atoms with Crippen LogP contribution in [0.25, 0.3) is 0 Å². The Morgan fingerprint density at radius 1 is 1.21 bits per heavy atom. The fraction of sp³-hybridized carbons (Fsp3) is 0.200. The molecule has 0 atom stereocenters. The van der Waals surface area contributed by atoms with Crippen LogP contribution in [0, 0.1) is 0 Å². The molecule has 98 valence electrons. The first-order chi connectivity index (χ1) is 9.15. The molecule has 0 spiro atoms. The van der Waals surface area contributed by atoms with Crippen LogP contribution in [0.2, 0.25) is 0 Å². The molecule has 2 aromatic rings. The summed E-state index contributed by atoms with van der Waals surface area (Å²) in [5.74, 6) is 0.0934. The minimum Gasteiger partial charge on any atom is -0.341 e. The first-order valence-corrected chi connectivity index (χ1v) is 6.82. The zero-order chi connectivity index (χ0) is 13.7. The predicted octanol–water partition coefficient (Wildman–Crippen LogP) is 3.05. The normalized spacial score (nSPS) is 10.2. The highest BCUT2D eigenvalue weighted by Gasteiger charge is 2.10. The minimum absolute atomic E-state index is 0.0934. The van der Waals surface area contributed by atoms with Gasteiger partial charge in [-0.05, 0) is 29.3 Å². The van der Waals surface area contributed by atoms with Crippen molar-refractivity contribution >= 4 is 21.8 Å². The largest absolute Gasteiger partial charge is 0.341 e. The average Bonchev–Trinajstić information content (AvgIpc) is 2.42. The second-order valence-electron chi connectivity index (χ2n) is 4.41. The zero-order valence-corrected chi connectivity index (χ0v) is 12.3. The van der Waals surface area contributed by atoms with E-state index in [9.17, 15) is 4.79 Å². The molecule has 0 aliphatic rings. The first kappa shape index (κ1) is 13.7. The van der Waals surface area contributed by atoms with Gasteiger partial charge in [-0.15, -0.1) is 0 Å². The Kier molecular flexibility index (Phi) is 4.68. The van der Waals surface area contributed by atoms with Crippen LogP contribution in [0.15, 0.2) is 53.3 Å². The molecule has 0 aliphatic heterocycles. The number of pyridine rings is 1. The van der Waals surface area contributed by atoms with Crippen molar-refractivity contribution in [3.63, 3.8) is 0 Å². The molecule has 0 fully saturated rings. The molecule has 0 radical (unpaired) electrons. The number of rotatable bonds is 4. The van der Waals surface area contributed by atoms with Crippen LogP contribution >= 0.6 is 15.9 Å². The summed E-state index contributed by atoms with van der Waals surface area (Å²) in [6, 6.07) is 11.7. The molecular weight excluding hydrogens is 304 g/mol. The van der Waals surface area contributed by atoms with E-state index in [4.69, 9.17) is 0 Å². The third-order valence-corrected chi connectivity index (χ3v) is 3.37. The van der Waals surface area contributed by atoms with Gasteiger partial charge in [0, 0.05) is 30.5 Å². The van der Waals surface area contributed by atoms with Crippen LogP contribution in [0.3, 0.4) is 0 Å². The molecule has 0 bridgehead atoms. The summed E-state index contributed by atoms with van der Waals surface area (Å²) in [5.41, 5.74) is 2.06. The molecule has 2 rings (SSSR count). The fourth-order valence-electron chi connectivity index (χ4n) is 1.76. The van der Waals surface area contributed by atoms with E-state index < -0.39 is 0 Å². The van der Waals surface area contributed by atoms with Crippen molar-refractivity contribution < 1.29 is 4.79 Å². The van der Waals surface area contributed by atoms with Crippen molar-refractivity contribution in [2.75, 3.05) is 7.05 Å². The lowest BCUT2D eigenvalue weighted by atomic mass is 10.1. The molecule has 1 aromatic heterocycles. The van der Waals surface area contributed by atoms with Crippen LogP contribution in [0.1, 0.15) is 11.1 Å². The molecule has 0 aliphatic carbocycles. The van der Waals surface area contributed by atoms with E-state index in [2.05, 4.69) is 20.9 Å². The van der Waals surface area contributed by atoms with E-state index in [1.54, 1.807) is 17.3 Å². The molecular formula is C15H15BrN2O. The van der Waals surface area contributed by atoms with Crippen LogP contribution in [-0.2, 0) is 17.8 Å². The molecule has 19 heavy (non-hydrogen) atoms. The fourth-order valence-corrected chi connectivity index (χ4v) is 2.03. The Morgan fingerprint density at radius 3 is 2.58 bits per heavy atom. The first-order valence-electron chi connectivity index (χ1n) is 6.02. The topological polar surface area (TPSA) is 33.2 Å². The molecule has 3 nitrogen and oxygen atoms in total. The van der Waals surface area contributed by atoms with Crippen LogP contribution in [0.4, 0.5) is 0 Å². The van der Waals surface area contributed by atoms with E-state index in [1.165, 1.54) is 0 Å². The van der Waals surface area contributed by atoms with Gasteiger partial charge in [-0.25, -0.2) is 0 Å². The highest BCUT2D eigenvalue weighted by molar-refractivity contribution is 9.10. The molecule has 0 N–H and O–H groups in total. The summed E-state index contributed by atoms with van der Waals surface area (Å²) in [4.78, 5) is 17.8. The summed E-state index contributed by atoms with van der Waals surface area (Å²) < 4.78 is 1.04. The summed E-state index contributed by atoms with van der Waals surface area (Å²) in [7, 11) is 1.82. The molecule has 4 heteroatoms. The van der Waals surface area contributed by atoms with E-state index in [-0.39, 0.29) is 5.91 Å². The number of amides is 1. The minimum atomic E-state index is 0.0934.